The summed E-state index contributed by atoms with van der Waals surface area (Å²) in [6.07, 6.45) is 1.33. The second kappa shape index (κ2) is 8.80. The third kappa shape index (κ3) is 3.91. The quantitative estimate of drug-likeness (QED) is 0.587. The Morgan fingerprint density at radius 3 is 2.69 bits per heavy atom. The topological polar surface area (TPSA) is 66.3 Å². The number of amidine groups is 1. The molecule has 160 valence electrons. The number of hydrazone groups is 1. The Labute approximate surface area is 197 Å². The smallest absolute Gasteiger partial charge is 0.276 e. The molecule has 5 rings (SSSR count). The van der Waals surface area contributed by atoms with Crippen molar-refractivity contribution in [2.24, 2.45) is 10.1 Å². The van der Waals surface area contributed by atoms with Crippen molar-refractivity contribution in [2.45, 2.75) is 12.8 Å². The molecular weight excluding hydrogens is 488 g/mol. The number of halogens is 1. The van der Waals surface area contributed by atoms with Crippen molar-refractivity contribution < 1.29 is 9.53 Å². The van der Waals surface area contributed by atoms with Gasteiger partial charge in [0.05, 0.1) is 5.36 Å². The molecule has 0 saturated heterocycles. The molecule has 2 aliphatic heterocycles. The maximum absolute atomic E-state index is 13.0. The number of nitrogens with one attached hydrogen (secondary N) is 1. The van der Waals surface area contributed by atoms with Crippen LogP contribution in [0.5, 0.6) is 5.75 Å². The van der Waals surface area contributed by atoms with E-state index in [0.29, 0.717) is 23.2 Å². The minimum atomic E-state index is -0.545. The van der Waals surface area contributed by atoms with Gasteiger partial charge in [0.1, 0.15) is 18.1 Å². The van der Waals surface area contributed by atoms with E-state index in [0.717, 1.165) is 26.2 Å². The van der Waals surface area contributed by atoms with Crippen LogP contribution in [0.2, 0.25) is 0 Å². The Kier molecular flexibility index (Phi) is 5.71. The minimum Gasteiger partial charge on any atom is -0.488 e. The van der Waals surface area contributed by atoms with E-state index < -0.39 is 6.17 Å². The van der Waals surface area contributed by atoms with Crippen LogP contribution in [-0.2, 0) is 11.4 Å². The minimum absolute atomic E-state index is 0.196. The van der Waals surface area contributed by atoms with Gasteiger partial charge in [-0.1, -0.05) is 76.2 Å². The van der Waals surface area contributed by atoms with E-state index in [1.807, 2.05) is 79.1 Å². The van der Waals surface area contributed by atoms with Crippen molar-refractivity contribution in [1.82, 2.24) is 10.3 Å². The Hall–Kier alpha value is -3.10. The van der Waals surface area contributed by atoms with Crippen LogP contribution in [0, 0.1) is 0 Å². The van der Waals surface area contributed by atoms with Gasteiger partial charge in [-0.2, -0.15) is 0 Å². The van der Waals surface area contributed by atoms with Gasteiger partial charge in [0.15, 0.2) is 11.3 Å². The molecule has 1 atom stereocenters. The van der Waals surface area contributed by atoms with Crippen LogP contribution in [-0.4, -0.2) is 22.3 Å². The lowest BCUT2D eigenvalue weighted by atomic mass is 10.1. The van der Waals surface area contributed by atoms with E-state index in [1.54, 1.807) is 5.01 Å². The van der Waals surface area contributed by atoms with Crippen LogP contribution < -0.4 is 20.6 Å². The molecule has 2 heterocycles. The lowest BCUT2D eigenvalue weighted by Gasteiger charge is -2.34. The number of ether oxygens (including phenoxy) is 1. The van der Waals surface area contributed by atoms with E-state index in [1.165, 1.54) is 11.8 Å². The predicted molar refractivity (Wildman–Crippen MR) is 129 cm³/mol. The highest BCUT2D eigenvalue weighted by Crippen LogP contribution is 2.37. The first-order chi connectivity index (χ1) is 15.6. The van der Waals surface area contributed by atoms with Crippen LogP contribution in [0.3, 0.4) is 0 Å². The maximum atomic E-state index is 13.0. The van der Waals surface area contributed by atoms with Crippen molar-refractivity contribution in [2.75, 3.05) is 6.26 Å². The fourth-order valence-corrected chi connectivity index (χ4v) is 4.45. The van der Waals surface area contributed by atoms with Crippen molar-refractivity contribution in [3.05, 3.63) is 99.0 Å². The number of rotatable bonds is 4. The van der Waals surface area contributed by atoms with Crippen LogP contribution >= 0.6 is 27.7 Å². The SMILES string of the molecule is CSC1=NN2C(=c3ccccc3=N[C@H]2c2cc(Br)ccc2OCc2ccccc2)C(=O)N1. The summed E-state index contributed by atoms with van der Waals surface area (Å²) >= 11 is 4.95. The Morgan fingerprint density at radius 1 is 1.09 bits per heavy atom. The van der Waals surface area contributed by atoms with Gasteiger partial charge in [0.2, 0.25) is 0 Å². The van der Waals surface area contributed by atoms with E-state index in [9.17, 15) is 4.79 Å². The number of fused-ring (bicyclic) bond motifs is 2. The summed E-state index contributed by atoms with van der Waals surface area (Å²) in [7, 11) is 0. The molecule has 3 aromatic carbocycles. The summed E-state index contributed by atoms with van der Waals surface area (Å²) in [5.41, 5.74) is 2.37. The number of para-hydroxylation sites is 1. The van der Waals surface area contributed by atoms with Gasteiger partial charge in [0, 0.05) is 15.3 Å². The fraction of sp³-hybridized carbons (Fsp3) is 0.125. The lowest BCUT2D eigenvalue weighted by molar-refractivity contribution is -0.116. The first kappa shape index (κ1) is 20.8. The fourth-order valence-electron chi connectivity index (χ4n) is 3.71. The molecule has 2 aliphatic rings. The summed E-state index contributed by atoms with van der Waals surface area (Å²) in [6.45, 7) is 0.426. The number of thioether (sulfide) groups is 1. The monoisotopic (exact) mass is 506 g/mol. The number of benzene rings is 3. The molecule has 6 nitrogen and oxygen atoms in total. The van der Waals surface area contributed by atoms with E-state index in [-0.39, 0.29) is 5.91 Å². The predicted octanol–water partition coefficient (Wildman–Crippen LogP) is 3.53. The standard InChI is InChI=1S/C24H19BrN4O2S/c1-32-24-27-23(30)21-17-9-5-6-10-19(17)26-22(29(21)28-24)18-13-16(25)11-12-20(18)31-14-15-7-3-2-4-8-15/h2-13,22H,14H2,1H3,(H,27,28,30)/t22-/m1/s1. The molecule has 0 aromatic heterocycles. The number of hydrogen-bond acceptors (Lipinski definition) is 6. The zero-order chi connectivity index (χ0) is 22.1. The molecule has 0 aliphatic carbocycles. The first-order valence-electron chi connectivity index (χ1n) is 10.0. The van der Waals surface area contributed by atoms with Crippen LogP contribution in [0.4, 0.5) is 0 Å². The maximum Gasteiger partial charge on any atom is 0.276 e. The summed E-state index contributed by atoms with van der Waals surface area (Å²) in [5.74, 6) is 0.495. The summed E-state index contributed by atoms with van der Waals surface area (Å²) < 4.78 is 7.10. The molecule has 1 N–H and O–H groups in total. The number of nitrogens with zero attached hydrogens (tertiary/aromatic N) is 3. The van der Waals surface area contributed by atoms with Gasteiger partial charge in [0.25, 0.3) is 5.91 Å². The highest BCUT2D eigenvalue weighted by Gasteiger charge is 2.35. The van der Waals surface area contributed by atoms with Crippen molar-refractivity contribution in [3.63, 3.8) is 0 Å². The molecule has 0 bridgehead atoms. The average molecular weight is 507 g/mol. The van der Waals surface area contributed by atoms with Gasteiger partial charge >= 0.3 is 0 Å². The highest BCUT2D eigenvalue weighted by molar-refractivity contribution is 9.10. The molecule has 0 radical (unpaired) electrons. The van der Waals surface area contributed by atoms with Gasteiger partial charge in [-0.15, -0.1) is 5.10 Å². The number of amides is 1. The van der Waals surface area contributed by atoms with Gasteiger partial charge < -0.3 is 4.74 Å². The molecule has 0 unspecified atom stereocenters. The van der Waals surface area contributed by atoms with E-state index in [4.69, 9.17) is 14.8 Å². The Bertz CT molecular complexity index is 1340. The van der Waals surface area contributed by atoms with Crippen molar-refractivity contribution in [1.29, 1.82) is 0 Å². The molecule has 3 aromatic rings. The number of carbonyl (C=O) groups excluding carboxylic acids is 1. The van der Waals surface area contributed by atoms with Crippen LogP contribution in [0.1, 0.15) is 17.3 Å². The molecule has 8 heteroatoms. The van der Waals surface area contributed by atoms with Crippen molar-refractivity contribution >= 4 is 44.5 Å². The number of hydrogen-bond donors (Lipinski definition) is 1. The Morgan fingerprint density at radius 2 is 1.88 bits per heavy atom. The van der Waals surface area contributed by atoms with E-state index in [2.05, 4.69) is 21.2 Å². The van der Waals surface area contributed by atoms with Gasteiger partial charge in [-0.25, -0.2) is 5.01 Å². The molecular formula is C24H19BrN4O2S. The van der Waals surface area contributed by atoms with Gasteiger partial charge in [-0.05, 0) is 36.1 Å². The van der Waals surface area contributed by atoms with Gasteiger partial charge in [-0.3, -0.25) is 15.1 Å². The molecule has 0 fully saturated rings. The van der Waals surface area contributed by atoms with E-state index >= 15 is 0 Å². The normalized spacial score (nSPS) is 17.0. The average Bonchev–Trinajstić information content (AvgIpc) is 2.83. The lowest BCUT2D eigenvalue weighted by Crippen LogP contribution is -2.50. The number of carbonyl (C=O) groups is 1. The summed E-state index contributed by atoms with van der Waals surface area (Å²) in [4.78, 5) is 18.0. The Balaban J connectivity index is 1.63. The summed E-state index contributed by atoms with van der Waals surface area (Å²) in [6, 6.07) is 23.4. The molecule has 32 heavy (non-hydrogen) atoms. The largest absolute Gasteiger partial charge is 0.488 e. The molecule has 0 spiro atoms. The van der Waals surface area contributed by atoms with Crippen molar-refractivity contribution in [3.8, 4) is 5.75 Å². The van der Waals surface area contributed by atoms with Crippen LogP contribution in [0.25, 0.3) is 5.70 Å². The molecule has 0 saturated carbocycles. The second-order valence-electron chi connectivity index (χ2n) is 7.23. The third-order valence-electron chi connectivity index (χ3n) is 5.20. The summed E-state index contributed by atoms with van der Waals surface area (Å²) in [5, 5.41) is 11.3. The zero-order valence-electron chi connectivity index (χ0n) is 17.2. The third-order valence-corrected chi connectivity index (χ3v) is 6.26. The molecule has 1 amide bonds. The van der Waals surface area contributed by atoms with Crippen LogP contribution in [0.15, 0.2) is 87.4 Å². The zero-order valence-corrected chi connectivity index (χ0v) is 19.6. The first-order valence-corrected chi connectivity index (χ1v) is 12.0. The highest BCUT2D eigenvalue weighted by atomic mass is 79.9. The second-order valence-corrected chi connectivity index (χ2v) is 8.94.